The average molecular weight is 262 g/mol. The first-order chi connectivity index (χ1) is 7.72. The highest BCUT2D eigenvalue weighted by Crippen LogP contribution is 2.24. The molecule has 0 spiro atoms. The predicted octanol–water partition coefficient (Wildman–Crippen LogP) is 3.00. The standard InChI is InChI=1S/C8H5F7N2/c9-3-5(16-2-1-8(13,14)15)4(10)7(12)17-6(3)11/h1-2H2,(H,16,17). The molecule has 0 saturated carbocycles. The Morgan fingerprint density at radius 1 is 0.941 bits per heavy atom. The zero-order valence-corrected chi connectivity index (χ0v) is 8.01. The van der Waals surface area contributed by atoms with Crippen LogP contribution in [0.15, 0.2) is 0 Å². The van der Waals surface area contributed by atoms with Gasteiger partial charge in [-0.2, -0.15) is 35.7 Å². The van der Waals surface area contributed by atoms with Crippen molar-refractivity contribution in [3.8, 4) is 0 Å². The third-order valence-electron chi connectivity index (χ3n) is 1.71. The molecule has 1 aromatic heterocycles. The quantitative estimate of drug-likeness (QED) is 0.669. The van der Waals surface area contributed by atoms with Crippen molar-refractivity contribution in [1.82, 2.24) is 4.98 Å². The Morgan fingerprint density at radius 3 is 1.82 bits per heavy atom. The van der Waals surface area contributed by atoms with Crippen LogP contribution in [0, 0.1) is 23.5 Å². The molecule has 0 atom stereocenters. The van der Waals surface area contributed by atoms with Gasteiger partial charge in [0.1, 0.15) is 5.69 Å². The van der Waals surface area contributed by atoms with E-state index in [9.17, 15) is 30.7 Å². The van der Waals surface area contributed by atoms with Crippen LogP contribution in [-0.2, 0) is 0 Å². The Bertz CT molecular complexity index is 389. The normalized spacial score (nSPS) is 11.7. The maximum absolute atomic E-state index is 12.9. The smallest absolute Gasteiger partial charge is 0.380 e. The molecule has 96 valence electrons. The first-order valence-electron chi connectivity index (χ1n) is 4.23. The largest absolute Gasteiger partial charge is 0.390 e. The van der Waals surface area contributed by atoms with Crippen molar-refractivity contribution in [1.29, 1.82) is 0 Å². The zero-order valence-electron chi connectivity index (χ0n) is 8.01. The molecule has 17 heavy (non-hydrogen) atoms. The summed E-state index contributed by atoms with van der Waals surface area (Å²) in [4.78, 5) is 2.24. The van der Waals surface area contributed by atoms with Crippen molar-refractivity contribution in [2.75, 3.05) is 11.9 Å². The number of rotatable bonds is 3. The van der Waals surface area contributed by atoms with Gasteiger partial charge in [0.25, 0.3) is 11.9 Å². The third-order valence-corrected chi connectivity index (χ3v) is 1.71. The molecule has 0 bridgehead atoms. The zero-order chi connectivity index (χ0) is 13.2. The second-order valence-corrected chi connectivity index (χ2v) is 2.99. The summed E-state index contributed by atoms with van der Waals surface area (Å²) in [6, 6.07) is 0. The van der Waals surface area contributed by atoms with Crippen LogP contribution >= 0.6 is 0 Å². The van der Waals surface area contributed by atoms with Gasteiger partial charge >= 0.3 is 6.18 Å². The third kappa shape index (κ3) is 3.46. The summed E-state index contributed by atoms with van der Waals surface area (Å²) in [5.74, 6) is -7.60. The predicted molar refractivity (Wildman–Crippen MR) is 43.2 cm³/mol. The summed E-state index contributed by atoms with van der Waals surface area (Å²) in [7, 11) is 0. The van der Waals surface area contributed by atoms with Crippen molar-refractivity contribution in [3.63, 3.8) is 0 Å². The van der Waals surface area contributed by atoms with Gasteiger partial charge < -0.3 is 5.32 Å². The Labute approximate surface area is 90.5 Å². The minimum Gasteiger partial charge on any atom is -0.380 e. The highest BCUT2D eigenvalue weighted by molar-refractivity contribution is 5.45. The maximum atomic E-state index is 12.9. The van der Waals surface area contributed by atoms with Gasteiger partial charge in [-0.15, -0.1) is 0 Å². The van der Waals surface area contributed by atoms with Crippen molar-refractivity contribution in [2.45, 2.75) is 12.6 Å². The van der Waals surface area contributed by atoms with E-state index in [-0.39, 0.29) is 0 Å². The summed E-state index contributed by atoms with van der Waals surface area (Å²) in [5, 5.41) is 1.63. The molecule has 2 nitrogen and oxygen atoms in total. The second kappa shape index (κ2) is 4.76. The van der Waals surface area contributed by atoms with Crippen molar-refractivity contribution in [2.24, 2.45) is 0 Å². The van der Waals surface area contributed by atoms with Gasteiger partial charge in [-0.25, -0.2) is 0 Å². The minimum atomic E-state index is -4.55. The topological polar surface area (TPSA) is 24.9 Å². The molecule has 0 aliphatic carbocycles. The summed E-state index contributed by atoms with van der Waals surface area (Å²) >= 11 is 0. The summed E-state index contributed by atoms with van der Waals surface area (Å²) < 4.78 is 86.0. The molecule has 1 heterocycles. The molecule has 0 unspecified atom stereocenters. The van der Waals surface area contributed by atoms with Crippen LogP contribution in [0.3, 0.4) is 0 Å². The molecule has 0 aliphatic rings. The molecule has 0 radical (unpaired) electrons. The van der Waals surface area contributed by atoms with Crippen LogP contribution in [-0.4, -0.2) is 17.7 Å². The number of nitrogens with one attached hydrogen (secondary N) is 1. The van der Waals surface area contributed by atoms with E-state index in [0.29, 0.717) is 0 Å². The number of hydrogen-bond donors (Lipinski definition) is 1. The summed E-state index contributed by atoms with van der Waals surface area (Å²) in [6.07, 6.45) is -5.96. The molecule has 0 saturated heterocycles. The van der Waals surface area contributed by atoms with Crippen LogP contribution in [0.25, 0.3) is 0 Å². The Morgan fingerprint density at radius 2 is 1.41 bits per heavy atom. The van der Waals surface area contributed by atoms with Gasteiger partial charge in [0, 0.05) is 6.54 Å². The molecule has 0 fully saturated rings. The lowest BCUT2D eigenvalue weighted by Gasteiger charge is -2.10. The number of nitrogens with zero attached hydrogens (tertiary/aromatic N) is 1. The Kier molecular flexibility index (Phi) is 3.79. The molecular weight excluding hydrogens is 257 g/mol. The lowest BCUT2D eigenvalue weighted by atomic mass is 10.3. The average Bonchev–Trinajstić information content (AvgIpc) is 2.19. The van der Waals surface area contributed by atoms with E-state index < -0.39 is 48.4 Å². The number of halogens is 7. The lowest BCUT2D eigenvalue weighted by Crippen LogP contribution is -2.17. The van der Waals surface area contributed by atoms with Crippen molar-refractivity contribution in [3.05, 3.63) is 23.5 Å². The minimum absolute atomic E-state index is 0.916. The number of pyridine rings is 1. The van der Waals surface area contributed by atoms with Gasteiger partial charge in [-0.05, 0) is 0 Å². The number of aromatic nitrogens is 1. The van der Waals surface area contributed by atoms with E-state index >= 15 is 0 Å². The van der Waals surface area contributed by atoms with Crippen LogP contribution in [0.4, 0.5) is 36.4 Å². The molecule has 1 aromatic rings. The van der Waals surface area contributed by atoms with E-state index in [4.69, 9.17) is 0 Å². The first-order valence-corrected chi connectivity index (χ1v) is 4.23. The maximum Gasteiger partial charge on any atom is 0.390 e. The lowest BCUT2D eigenvalue weighted by molar-refractivity contribution is -0.131. The number of alkyl halides is 3. The fourth-order valence-corrected chi connectivity index (χ4v) is 0.971. The van der Waals surface area contributed by atoms with Gasteiger partial charge in [0.15, 0.2) is 0 Å². The SMILES string of the molecule is Fc1nc(F)c(F)c(NCCC(F)(F)F)c1F. The fraction of sp³-hybridized carbons (Fsp3) is 0.375. The second-order valence-electron chi connectivity index (χ2n) is 2.99. The van der Waals surface area contributed by atoms with Crippen LogP contribution in [0.2, 0.25) is 0 Å². The van der Waals surface area contributed by atoms with Crippen LogP contribution in [0.1, 0.15) is 6.42 Å². The highest BCUT2D eigenvalue weighted by Gasteiger charge is 2.27. The van der Waals surface area contributed by atoms with E-state index in [2.05, 4.69) is 4.98 Å². The molecule has 1 N–H and O–H groups in total. The van der Waals surface area contributed by atoms with Gasteiger partial charge in [-0.3, -0.25) is 0 Å². The van der Waals surface area contributed by atoms with Crippen LogP contribution in [0.5, 0.6) is 0 Å². The van der Waals surface area contributed by atoms with Gasteiger partial charge in [0.05, 0.1) is 6.42 Å². The molecule has 0 aliphatic heterocycles. The monoisotopic (exact) mass is 262 g/mol. The van der Waals surface area contributed by atoms with E-state index in [1.165, 1.54) is 0 Å². The molecule has 1 rings (SSSR count). The Balaban J connectivity index is 2.84. The summed E-state index contributed by atoms with van der Waals surface area (Å²) in [5.41, 5.74) is -1.31. The fourth-order valence-electron chi connectivity index (χ4n) is 0.971. The van der Waals surface area contributed by atoms with Gasteiger partial charge in [-0.1, -0.05) is 0 Å². The number of anilines is 1. The Hall–Kier alpha value is -1.54. The van der Waals surface area contributed by atoms with Gasteiger partial charge in [0.2, 0.25) is 11.6 Å². The van der Waals surface area contributed by atoms with Crippen LogP contribution < -0.4 is 5.32 Å². The molecule has 0 amide bonds. The molecule has 0 aromatic carbocycles. The summed E-state index contributed by atoms with van der Waals surface area (Å²) in [6.45, 7) is -0.916. The van der Waals surface area contributed by atoms with E-state index in [0.717, 1.165) is 0 Å². The molecule has 9 heteroatoms. The van der Waals surface area contributed by atoms with E-state index in [1.54, 1.807) is 5.32 Å². The molecular formula is C8H5F7N2. The highest BCUT2D eigenvalue weighted by atomic mass is 19.4. The van der Waals surface area contributed by atoms with Crippen molar-refractivity contribution >= 4 is 5.69 Å². The first kappa shape index (κ1) is 13.5. The van der Waals surface area contributed by atoms with Crippen molar-refractivity contribution < 1.29 is 30.7 Å². The number of hydrogen-bond acceptors (Lipinski definition) is 2. The van der Waals surface area contributed by atoms with E-state index in [1.807, 2.05) is 0 Å².